The molecule has 2 heterocycles. The molecule has 1 aromatic heterocycles. The van der Waals surface area contributed by atoms with Crippen molar-refractivity contribution in [2.75, 3.05) is 37.5 Å². The van der Waals surface area contributed by atoms with E-state index in [2.05, 4.69) is 39.2 Å². The fourth-order valence-electron chi connectivity index (χ4n) is 3.91. The van der Waals surface area contributed by atoms with E-state index in [1.54, 1.807) is 20.5 Å². The Morgan fingerprint density at radius 2 is 1.86 bits per heavy atom. The summed E-state index contributed by atoms with van der Waals surface area (Å²) < 4.78 is 10.8. The first-order valence-electron chi connectivity index (χ1n) is 9.63. The highest BCUT2D eigenvalue weighted by atomic mass is 16.5. The highest BCUT2D eigenvalue weighted by Gasteiger charge is 2.23. The van der Waals surface area contributed by atoms with E-state index in [4.69, 9.17) is 9.47 Å². The molecule has 1 atom stereocenters. The maximum atomic E-state index is 5.39. The van der Waals surface area contributed by atoms with Crippen LogP contribution in [0.15, 0.2) is 42.7 Å². The lowest BCUT2D eigenvalue weighted by molar-refractivity contribution is 0.394. The highest BCUT2D eigenvalue weighted by Crippen LogP contribution is 2.30. The molecule has 0 aliphatic carbocycles. The molecular weight excluding hydrogens is 352 g/mol. The Morgan fingerprint density at radius 1 is 1.07 bits per heavy atom. The quantitative estimate of drug-likeness (QED) is 0.723. The molecule has 0 spiro atoms. The van der Waals surface area contributed by atoms with Gasteiger partial charge in [-0.15, -0.1) is 0 Å². The number of ether oxygens (including phenoxy) is 2. The van der Waals surface area contributed by atoms with E-state index >= 15 is 0 Å². The Morgan fingerprint density at radius 3 is 2.61 bits per heavy atom. The molecule has 0 radical (unpaired) electrons. The SMILES string of the molecule is COc1cc(NC2CCCN(c3ncnc4cccc(C)c34)C2)cc(OC)c1. The van der Waals surface area contributed by atoms with Gasteiger partial charge in [-0.2, -0.15) is 0 Å². The molecule has 2 aromatic carbocycles. The van der Waals surface area contributed by atoms with Crippen LogP contribution in [0.3, 0.4) is 0 Å². The van der Waals surface area contributed by atoms with Crippen molar-refractivity contribution in [1.29, 1.82) is 0 Å². The topological polar surface area (TPSA) is 59.5 Å². The first kappa shape index (κ1) is 18.3. The van der Waals surface area contributed by atoms with E-state index in [1.807, 2.05) is 24.3 Å². The Hall–Kier alpha value is -3.02. The number of hydrogen-bond donors (Lipinski definition) is 1. The van der Waals surface area contributed by atoms with Crippen molar-refractivity contribution < 1.29 is 9.47 Å². The number of methoxy groups -OCH3 is 2. The molecule has 28 heavy (non-hydrogen) atoms. The Balaban J connectivity index is 1.58. The number of anilines is 2. The fraction of sp³-hybridized carbons (Fsp3) is 0.364. The van der Waals surface area contributed by atoms with Crippen molar-refractivity contribution >= 4 is 22.4 Å². The molecule has 6 nitrogen and oxygen atoms in total. The standard InChI is InChI=1S/C22H26N4O2/c1-15-6-4-8-20-21(15)22(24-14-23-20)26-9-5-7-16(13-26)25-17-10-18(27-2)12-19(11-17)28-3/h4,6,8,10-12,14,16,25H,5,7,9,13H2,1-3H3. The van der Waals surface area contributed by atoms with E-state index in [9.17, 15) is 0 Å². The van der Waals surface area contributed by atoms with Gasteiger partial charge in [-0.3, -0.25) is 0 Å². The predicted octanol–water partition coefficient (Wildman–Crippen LogP) is 4.04. The summed E-state index contributed by atoms with van der Waals surface area (Å²) in [7, 11) is 3.34. The number of hydrogen-bond acceptors (Lipinski definition) is 6. The van der Waals surface area contributed by atoms with Gasteiger partial charge in [0.05, 0.1) is 19.7 Å². The summed E-state index contributed by atoms with van der Waals surface area (Å²) in [5.74, 6) is 2.59. The molecule has 3 aromatic rings. The summed E-state index contributed by atoms with van der Waals surface area (Å²) in [5.41, 5.74) is 3.21. The number of piperidine rings is 1. The highest BCUT2D eigenvalue weighted by molar-refractivity contribution is 5.92. The second-order valence-electron chi connectivity index (χ2n) is 7.20. The summed E-state index contributed by atoms with van der Waals surface area (Å²) in [5, 5.41) is 4.79. The van der Waals surface area contributed by atoms with Gasteiger partial charge in [0.15, 0.2) is 0 Å². The van der Waals surface area contributed by atoms with Crippen molar-refractivity contribution in [2.24, 2.45) is 0 Å². The largest absolute Gasteiger partial charge is 0.497 e. The average molecular weight is 378 g/mol. The lowest BCUT2D eigenvalue weighted by atomic mass is 10.0. The maximum Gasteiger partial charge on any atom is 0.140 e. The van der Waals surface area contributed by atoms with Crippen LogP contribution in [0.25, 0.3) is 10.9 Å². The number of nitrogens with one attached hydrogen (secondary N) is 1. The van der Waals surface area contributed by atoms with Gasteiger partial charge in [0.25, 0.3) is 0 Å². The Kier molecular flexibility index (Phi) is 5.19. The van der Waals surface area contributed by atoms with Gasteiger partial charge in [-0.1, -0.05) is 12.1 Å². The molecule has 0 saturated carbocycles. The first-order chi connectivity index (χ1) is 13.7. The third-order valence-electron chi connectivity index (χ3n) is 5.29. The van der Waals surface area contributed by atoms with Crippen LogP contribution in [0.1, 0.15) is 18.4 Å². The van der Waals surface area contributed by atoms with Gasteiger partial charge in [0, 0.05) is 48.4 Å². The molecule has 1 unspecified atom stereocenters. The lowest BCUT2D eigenvalue weighted by Crippen LogP contribution is -2.42. The maximum absolute atomic E-state index is 5.39. The molecule has 6 heteroatoms. The number of fused-ring (bicyclic) bond motifs is 1. The zero-order chi connectivity index (χ0) is 19.5. The number of nitrogens with zero attached hydrogens (tertiary/aromatic N) is 3. The third kappa shape index (κ3) is 3.67. The van der Waals surface area contributed by atoms with Crippen LogP contribution in [-0.2, 0) is 0 Å². The average Bonchev–Trinajstić information content (AvgIpc) is 2.73. The predicted molar refractivity (Wildman–Crippen MR) is 113 cm³/mol. The number of aromatic nitrogens is 2. The normalized spacial score (nSPS) is 16.8. The monoisotopic (exact) mass is 378 g/mol. The molecular formula is C22H26N4O2. The number of aryl methyl sites for hydroxylation is 1. The summed E-state index contributed by atoms with van der Waals surface area (Å²) in [6.07, 6.45) is 3.88. The van der Waals surface area contributed by atoms with Gasteiger partial charge in [0.2, 0.25) is 0 Å². The van der Waals surface area contributed by atoms with Crippen LogP contribution < -0.4 is 19.7 Å². The third-order valence-corrected chi connectivity index (χ3v) is 5.29. The van der Waals surface area contributed by atoms with E-state index in [-0.39, 0.29) is 0 Å². The minimum Gasteiger partial charge on any atom is -0.497 e. The van der Waals surface area contributed by atoms with Crippen LogP contribution in [-0.4, -0.2) is 43.3 Å². The first-order valence-corrected chi connectivity index (χ1v) is 9.63. The second-order valence-corrected chi connectivity index (χ2v) is 7.20. The molecule has 0 bridgehead atoms. The Labute approximate surface area is 165 Å². The minimum absolute atomic E-state index is 0.319. The second kappa shape index (κ2) is 7.92. The summed E-state index contributed by atoms with van der Waals surface area (Å²) >= 11 is 0. The molecule has 4 rings (SSSR count). The molecule has 1 N–H and O–H groups in total. The van der Waals surface area contributed by atoms with E-state index in [0.717, 1.165) is 59.8 Å². The van der Waals surface area contributed by atoms with Crippen molar-refractivity contribution in [3.8, 4) is 11.5 Å². The van der Waals surface area contributed by atoms with E-state index in [1.165, 1.54) is 5.56 Å². The number of benzene rings is 2. The van der Waals surface area contributed by atoms with Gasteiger partial charge >= 0.3 is 0 Å². The minimum atomic E-state index is 0.319. The van der Waals surface area contributed by atoms with Crippen LogP contribution in [0.5, 0.6) is 11.5 Å². The molecule has 1 saturated heterocycles. The van der Waals surface area contributed by atoms with Gasteiger partial charge in [-0.25, -0.2) is 9.97 Å². The zero-order valence-corrected chi connectivity index (χ0v) is 16.6. The summed E-state index contributed by atoms with van der Waals surface area (Å²) in [6.45, 7) is 4.01. The van der Waals surface area contributed by atoms with Crippen molar-refractivity contribution in [3.63, 3.8) is 0 Å². The van der Waals surface area contributed by atoms with Crippen LogP contribution in [0.2, 0.25) is 0 Å². The van der Waals surface area contributed by atoms with Crippen LogP contribution in [0.4, 0.5) is 11.5 Å². The molecule has 0 amide bonds. The van der Waals surface area contributed by atoms with Crippen molar-refractivity contribution in [3.05, 3.63) is 48.3 Å². The molecule has 1 aliphatic rings. The van der Waals surface area contributed by atoms with Gasteiger partial charge < -0.3 is 19.7 Å². The molecule has 1 fully saturated rings. The van der Waals surface area contributed by atoms with Crippen molar-refractivity contribution in [1.82, 2.24) is 9.97 Å². The summed E-state index contributed by atoms with van der Waals surface area (Å²) in [6, 6.07) is 12.4. The Bertz CT molecular complexity index is 948. The van der Waals surface area contributed by atoms with Gasteiger partial charge in [0.1, 0.15) is 23.6 Å². The summed E-state index contributed by atoms with van der Waals surface area (Å²) in [4.78, 5) is 11.4. The fourth-order valence-corrected chi connectivity index (χ4v) is 3.91. The van der Waals surface area contributed by atoms with E-state index in [0.29, 0.717) is 6.04 Å². The van der Waals surface area contributed by atoms with E-state index < -0.39 is 0 Å². The smallest absolute Gasteiger partial charge is 0.140 e. The van der Waals surface area contributed by atoms with Gasteiger partial charge in [-0.05, 0) is 31.4 Å². The van der Waals surface area contributed by atoms with Crippen LogP contribution in [0, 0.1) is 6.92 Å². The number of rotatable bonds is 5. The zero-order valence-electron chi connectivity index (χ0n) is 16.6. The van der Waals surface area contributed by atoms with Crippen molar-refractivity contribution in [2.45, 2.75) is 25.8 Å². The van der Waals surface area contributed by atoms with Crippen LogP contribution >= 0.6 is 0 Å². The lowest BCUT2D eigenvalue weighted by Gasteiger charge is -2.35. The molecule has 1 aliphatic heterocycles. The molecule has 146 valence electrons.